The van der Waals surface area contributed by atoms with Gasteiger partial charge in [-0.05, 0) is 29.1 Å². The van der Waals surface area contributed by atoms with Crippen LogP contribution in [0.25, 0.3) is 0 Å². The smallest absolute Gasteiger partial charge is 0.303 e. The van der Waals surface area contributed by atoms with Crippen LogP contribution in [0, 0.1) is 22.2 Å². The van der Waals surface area contributed by atoms with Crippen LogP contribution in [0.15, 0.2) is 0 Å². The van der Waals surface area contributed by atoms with Crippen molar-refractivity contribution >= 4 is 11.9 Å². The molecule has 0 aromatic carbocycles. The summed E-state index contributed by atoms with van der Waals surface area (Å²) in [6.45, 7) is 8.99. The van der Waals surface area contributed by atoms with Crippen molar-refractivity contribution in [2.24, 2.45) is 22.2 Å². The van der Waals surface area contributed by atoms with Crippen molar-refractivity contribution in [1.82, 2.24) is 5.32 Å². The summed E-state index contributed by atoms with van der Waals surface area (Å²) in [5.74, 6) is -0.630. The molecule has 4 heteroatoms. The number of carboxylic acid groups (broad SMARTS) is 1. The van der Waals surface area contributed by atoms with E-state index in [-0.39, 0.29) is 34.5 Å². The molecule has 0 aromatic heterocycles. The molecule has 0 unspecified atom stereocenters. The Morgan fingerprint density at radius 1 is 1.16 bits per heavy atom. The minimum Gasteiger partial charge on any atom is -0.481 e. The monoisotopic (exact) mass is 267 g/mol. The highest BCUT2D eigenvalue weighted by molar-refractivity contribution is 5.84. The number of aliphatic carboxylic acids is 1. The van der Waals surface area contributed by atoms with E-state index < -0.39 is 5.97 Å². The standard InChI is InChI=1S/C15H25NO3/c1-13(2)11(14(13,3)4)12(19)16-9-15(6-5-7-15)8-10(17)18/h11H,5-9H2,1-4H3,(H,16,19)(H,17,18). The lowest BCUT2D eigenvalue weighted by Gasteiger charge is -2.40. The first-order valence-corrected chi connectivity index (χ1v) is 7.12. The minimum absolute atomic E-state index is 0.0384. The van der Waals surface area contributed by atoms with Gasteiger partial charge in [0, 0.05) is 12.5 Å². The highest BCUT2D eigenvalue weighted by Gasteiger charge is 2.68. The lowest BCUT2D eigenvalue weighted by Crippen LogP contribution is -2.44. The Morgan fingerprint density at radius 3 is 2.00 bits per heavy atom. The predicted molar refractivity (Wildman–Crippen MR) is 72.6 cm³/mol. The molecular weight excluding hydrogens is 242 g/mol. The molecule has 0 aromatic rings. The van der Waals surface area contributed by atoms with Crippen LogP contribution in [0.5, 0.6) is 0 Å². The average molecular weight is 267 g/mol. The highest BCUT2D eigenvalue weighted by atomic mass is 16.4. The Balaban J connectivity index is 1.89. The van der Waals surface area contributed by atoms with E-state index in [1.54, 1.807) is 0 Å². The number of carbonyl (C=O) groups is 2. The van der Waals surface area contributed by atoms with Crippen molar-refractivity contribution in [3.63, 3.8) is 0 Å². The van der Waals surface area contributed by atoms with Crippen molar-refractivity contribution < 1.29 is 14.7 Å². The lowest BCUT2D eigenvalue weighted by molar-refractivity contribution is -0.142. The second-order valence-electron chi connectivity index (χ2n) is 7.52. The number of carbonyl (C=O) groups excluding carboxylic acids is 1. The lowest BCUT2D eigenvalue weighted by atomic mass is 9.66. The fourth-order valence-electron chi connectivity index (χ4n) is 3.64. The van der Waals surface area contributed by atoms with Gasteiger partial charge in [0.15, 0.2) is 0 Å². The molecular formula is C15H25NO3. The van der Waals surface area contributed by atoms with Crippen LogP contribution in [-0.2, 0) is 9.59 Å². The molecule has 2 saturated carbocycles. The molecule has 0 aliphatic heterocycles. The van der Waals surface area contributed by atoms with Crippen LogP contribution >= 0.6 is 0 Å². The molecule has 2 N–H and O–H groups in total. The molecule has 19 heavy (non-hydrogen) atoms. The first-order valence-electron chi connectivity index (χ1n) is 7.12. The zero-order chi connectivity index (χ0) is 14.5. The quantitative estimate of drug-likeness (QED) is 0.804. The maximum absolute atomic E-state index is 12.3. The van der Waals surface area contributed by atoms with Gasteiger partial charge >= 0.3 is 5.97 Å². The van der Waals surface area contributed by atoms with Gasteiger partial charge in [-0.15, -0.1) is 0 Å². The third-order valence-corrected chi connectivity index (χ3v) is 5.86. The van der Waals surface area contributed by atoms with Crippen molar-refractivity contribution in [3.05, 3.63) is 0 Å². The summed E-state index contributed by atoms with van der Waals surface area (Å²) in [6, 6.07) is 0. The molecule has 0 atom stereocenters. The average Bonchev–Trinajstić information content (AvgIpc) is 2.61. The van der Waals surface area contributed by atoms with Gasteiger partial charge in [-0.25, -0.2) is 0 Å². The van der Waals surface area contributed by atoms with Crippen LogP contribution in [-0.4, -0.2) is 23.5 Å². The Morgan fingerprint density at radius 2 is 1.68 bits per heavy atom. The van der Waals surface area contributed by atoms with Gasteiger partial charge in [0.25, 0.3) is 0 Å². The van der Waals surface area contributed by atoms with E-state index in [4.69, 9.17) is 5.11 Å². The molecule has 0 spiro atoms. The summed E-state index contributed by atoms with van der Waals surface area (Å²) in [5, 5.41) is 12.0. The van der Waals surface area contributed by atoms with Crippen molar-refractivity contribution in [2.45, 2.75) is 53.4 Å². The Labute approximate surface area is 115 Å². The Kier molecular flexibility index (Phi) is 3.19. The molecule has 108 valence electrons. The van der Waals surface area contributed by atoms with Crippen LogP contribution in [0.3, 0.4) is 0 Å². The second kappa shape index (κ2) is 4.22. The van der Waals surface area contributed by atoms with E-state index in [2.05, 4.69) is 33.0 Å². The molecule has 0 heterocycles. The van der Waals surface area contributed by atoms with Crippen molar-refractivity contribution in [1.29, 1.82) is 0 Å². The third-order valence-electron chi connectivity index (χ3n) is 5.86. The van der Waals surface area contributed by atoms with Crippen molar-refractivity contribution in [2.75, 3.05) is 6.54 Å². The van der Waals surface area contributed by atoms with E-state index in [1.165, 1.54) is 0 Å². The van der Waals surface area contributed by atoms with E-state index in [0.717, 1.165) is 19.3 Å². The molecule has 0 saturated heterocycles. The van der Waals surface area contributed by atoms with E-state index in [0.29, 0.717) is 6.54 Å². The Hall–Kier alpha value is -1.06. The molecule has 1 amide bonds. The van der Waals surface area contributed by atoms with Gasteiger partial charge in [0.05, 0.1) is 6.42 Å². The predicted octanol–water partition coefficient (Wildman–Crippen LogP) is 2.43. The van der Waals surface area contributed by atoms with Crippen LogP contribution in [0.2, 0.25) is 0 Å². The first kappa shape index (κ1) is 14.4. The molecule has 0 bridgehead atoms. The second-order valence-corrected chi connectivity index (χ2v) is 7.52. The van der Waals surface area contributed by atoms with Gasteiger partial charge in [0.2, 0.25) is 5.91 Å². The molecule has 2 rings (SSSR count). The first-order chi connectivity index (χ1) is 8.62. The zero-order valence-corrected chi connectivity index (χ0v) is 12.4. The molecule has 0 radical (unpaired) electrons. The summed E-state index contributed by atoms with van der Waals surface area (Å²) >= 11 is 0. The summed E-state index contributed by atoms with van der Waals surface area (Å²) in [4.78, 5) is 23.1. The maximum Gasteiger partial charge on any atom is 0.303 e. The molecule has 4 nitrogen and oxygen atoms in total. The summed E-state index contributed by atoms with van der Waals surface area (Å²) in [5.41, 5.74) is -0.113. The number of amides is 1. The summed E-state index contributed by atoms with van der Waals surface area (Å²) in [6.07, 6.45) is 3.07. The van der Waals surface area contributed by atoms with E-state index >= 15 is 0 Å². The minimum atomic E-state index is -0.763. The summed E-state index contributed by atoms with van der Waals surface area (Å²) in [7, 11) is 0. The van der Waals surface area contributed by atoms with E-state index in [9.17, 15) is 9.59 Å². The van der Waals surface area contributed by atoms with Gasteiger partial charge in [-0.1, -0.05) is 34.1 Å². The molecule has 2 fully saturated rings. The van der Waals surface area contributed by atoms with Gasteiger partial charge in [-0.3, -0.25) is 9.59 Å². The topological polar surface area (TPSA) is 66.4 Å². The Bertz CT molecular complexity index is 394. The van der Waals surface area contributed by atoms with Crippen LogP contribution in [0.1, 0.15) is 53.4 Å². The fraction of sp³-hybridized carbons (Fsp3) is 0.867. The normalized spacial score (nSPS) is 26.3. The highest BCUT2D eigenvalue weighted by Crippen LogP contribution is 2.68. The van der Waals surface area contributed by atoms with E-state index in [1.807, 2.05) is 0 Å². The zero-order valence-electron chi connectivity index (χ0n) is 12.4. The molecule has 2 aliphatic carbocycles. The maximum atomic E-state index is 12.3. The summed E-state index contributed by atoms with van der Waals surface area (Å²) < 4.78 is 0. The SMILES string of the molecule is CC1(C)C(C(=O)NCC2(CC(=O)O)CCC2)C1(C)C. The number of nitrogens with one attached hydrogen (secondary N) is 1. The van der Waals surface area contributed by atoms with Gasteiger partial charge in [0.1, 0.15) is 0 Å². The third kappa shape index (κ3) is 2.26. The van der Waals surface area contributed by atoms with Crippen LogP contribution in [0.4, 0.5) is 0 Å². The van der Waals surface area contributed by atoms with Crippen LogP contribution < -0.4 is 5.32 Å². The number of carboxylic acids is 1. The number of hydrogen-bond acceptors (Lipinski definition) is 2. The largest absolute Gasteiger partial charge is 0.481 e. The molecule has 2 aliphatic rings. The van der Waals surface area contributed by atoms with Crippen molar-refractivity contribution in [3.8, 4) is 0 Å². The number of hydrogen-bond donors (Lipinski definition) is 2. The van der Waals surface area contributed by atoms with Gasteiger partial charge in [-0.2, -0.15) is 0 Å². The fourth-order valence-corrected chi connectivity index (χ4v) is 3.64. The number of rotatable bonds is 5. The van der Waals surface area contributed by atoms with Gasteiger partial charge < -0.3 is 10.4 Å².